The van der Waals surface area contributed by atoms with E-state index in [0.717, 1.165) is 0 Å². The Hall–Kier alpha value is -2.57. The lowest BCUT2D eigenvalue weighted by atomic mass is 10.1. The van der Waals surface area contributed by atoms with E-state index in [1.54, 1.807) is 6.92 Å². The van der Waals surface area contributed by atoms with Gasteiger partial charge in [-0.15, -0.1) is 0 Å². The summed E-state index contributed by atoms with van der Waals surface area (Å²) < 4.78 is 4.43. The Labute approximate surface area is 121 Å². The van der Waals surface area contributed by atoms with Gasteiger partial charge in [-0.25, -0.2) is 4.79 Å². The Morgan fingerprint density at radius 1 is 1.33 bits per heavy atom. The summed E-state index contributed by atoms with van der Waals surface area (Å²) in [5, 5.41) is 20.7. The summed E-state index contributed by atoms with van der Waals surface area (Å²) in [5.74, 6) is -2.34. The number of aliphatic carboxylic acids is 1. The molecule has 1 aromatic carbocycles. The number of aryl methyl sites for hydroxylation is 1. The van der Waals surface area contributed by atoms with Crippen molar-refractivity contribution in [2.75, 3.05) is 7.11 Å². The summed E-state index contributed by atoms with van der Waals surface area (Å²) in [4.78, 5) is 34.2. The first-order valence-electron chi connectivity index (χ1n) is 6.25. The lowest BCUT2D eigenvalue weighted by Gasteiger charge is -2.15. The average Bonchev–Trinajstić information content (AvgIpc) is 2.42. The number of carbonyl (C=O) groups excluding carboxylic acids is 2. The molecule has 7 heteroatoms. The van der Waals surface area contributed by atoms with Gasteiger partial charge in [-0.05, 0) is 37.1 Å². The molecule has 0 fully saturated rings. The lowest BCUT2D eigenvalue weighted by molar-refractivity contribution is -0.142. The minimum Gasteiger partial charge on any atom is -0.508 e. The van der Waals surface area contributed by atoms with Crippen LogP contribution in [-0.2, 0) is 14.3 Å². The van der Waals surface area contributed by atoms with Crippen molar-refractivity contribution in [1.29, 1.82) is 0 Å². The van der Waals surface area contributed by atoms with Gasteiger partial charge in [-0.1, -0.05) is 0 Å². The first kappa shape index (κ1) is 16.5. The Morgan fingerprint density at radius 3 is 2.52 bits per heavy atom. The van der Waals surface area contributed by atoms with Gasteiger partial charge in [0.05, 0.1) is 7.11 Å². The smallest absolute Gasteiger partial charge is 0.326 e. The summed E-state index contributed by atoms with van der Waals surface area (Å²) in [6.45, 7) is 1.62. The van der Waals surface area contributed by atoms with Crippen LogP contribution in [0, 0.1) is 6.92 Å². The third kappa shape index (κ3) is 4.79. The molecule has 21 heavy (non-hydrogen) atoms. The molecule has 0 saturated heterocycles. The fourth-order valence-corrected chi connectivity index (χ4v) is 1.76. The van der Waals surface area contributed by atoms with Crippen molar-refractivity contribution in [2.24, 2.45) is 0 Å². The molecule has 0 bridgehead atoms. The second-order valence-corrected chi connectivity index (χ2v) is 4.48. The van der Waals surface area contributed by atoms with Gasteiger partial charge in [0, 0.05) is 12.0 Å². The molecule has 0 radical (unpaired) electrons. The molecule has 1 rings (SSSR count). The molecule has 0 unspecified atom stereocenters. The van der Waals surface area contributed by atoms with Gasteiger partial charge in [-0.3, -0.25) is 9.59 Å². The number of ether oxygens (including phenoxy) is 1. The molecule has 0 aliphatic rings. The maximum absolute atomic E-state index is 12.0. The molecule has 3 N–H and O–H groups in total. The predicted molar refractivity (Wildman–Crippen MR) is 73.0 cm³/mol. The van der Waals surface area contributed by atoms with Crippen LogP contribution in [0.1, 0.15) is 28.8 Å². The van der Waals surface area contributed by atoms with Gasteiger partial charge in [0.15, 0.2) is 0 Å². The van der Waals surface area contributed by atoms with Crippen LogP contribution in [-0.4, -0.2) is 41.2 Å². The fraction of sp³-hybridized carbons (Fsp3) is 0.357. The third-order valence-corrected chi connectivity index (χ3v) is 2.92. The number of esters is 1. The Kier molecular flexibility index (Phi) is 5.71. The third-order valence-electron chi connectivity index (χ3n) is 2.92. The molecule has 7 nitrogen and oxygen atoms in total. The van der Waals surface area contributed by atoms with Crippen molar-refractivity contribution in [2.45, 2.75) is 25.8 Å². The van der Waals surface area contributed by atoms with E-state index in [1.807, 2.05) is 0 Å². The molecular weight excluding hydrogens is 278 g/mol. The van der Waals surface area contributed by atoms with E-state index < -0.39 is 23.9 Å². The zero-order valence-electron chi connectivity index (χ0n) is 11.8. The minimum absolute atomic E-state index is 0.0181. The number of phenols is 1. The van der Waals surface area contributed by atoms with Crippen LogP contribution >= 0.6 is 0 Å². The number of phenolic OH excluding ortho intramolecular Hbond substituents is 1. The maximum atomic E-state index is 12.0. The number of carbonyl (C=O) groups is 3. The van der Waals surface area contributed by atoms with Crippen LogP contribution in [0.2, 0.25) is 0 Å². The summed E-state index contributed by atoms with van der Waals surface area (Å²) in [6, 6.07) is 2.95. The molecule has 0 aliphatic heterocycles. The van der Waals surface area contributed by atoms with Crippen LogP contribution in [0.5, 0.6) is 5.75 Å². The minimum atomic E-state index is -1.23. The quantitative estimate of drug-likeness (QED) is 0.670. The zero-order chi connectivity index (χ0) is 16.0. The highest BCUT2D eigenvalue weighted by Gasteiger charge is 2.22. The first-order chi connectivity index (χ1) is 9.85. The molecule has 0 spiro atoms. The summed E-state index contributed by atoms with van der Waals surface area (Å²) >= 11 is 0. The Balaban J connectivity index is 2.76. The van der Waals surface area contributed by atoms with Crippen LogP contribution in [0.4, 0.5) is 0 Å². The Bertz CT molecular complexity index is 554. The van der Waals surface area contributed by atoms with E-state index in [2.05, 4.69) is 10.1 Å². The summed E-state index contributed by atoms with van der Waals surface area (Å²) in [6.07, 6.45) is -0.173. The highest BCUT2D eigenvalue weighted by molar-refractivity contribution is 5.98. The highest BCUT2D eigenvalue weighted by atomic mass is 16.5. The average molecular weight is 295 g/mol. The van der Waals surface area contributed by atoms with Crippen molar-refractivity contribution in [3.63, 3.8) is 0 Å². The standard InChI is InChI=1S/C14H17NO6/c1-8-7-9(16)3-4-10(8)13(18)15-11(14(19)20)5-6-12(17)21-2/h3-4,7,11,16H,5-6H2,1-2H3,(H,15,18)(H,19,20)/t11-/m1/s1. The van der Waals surface area contributed by atoms with Crippen molar-refractivity contribution in [1.82, 2.24) is 5.32 Å². The molecule has 1 aromatic rings. The number of nitrogens with one attached hydrogen (secondary N) is 1. The number of rotatable bonds is 6. The molecule has 114 valence electrons. The normalized spacial score (nSPS) is 11.5. The molecule has 1 atom stereocenters. The second kappa shape index (κ2) is 7.28. The number of hydrogen-bond acceptors (Lipinski definition) is 5. The second-order valence-electron chi connectivity index (χ2n) is 4.48. The molecule has 0 saturated carbocycles. The van der Waals surface area contributed by atoms with Gasteiger partial charge in [0.2, 0.25) is 0 Å². The molecule has 0 heterocycles. The van der Waals surface area contributed by atoms with Gasteiger partial charge in [-0.2, -0.15) is 0 Å². The van der Waals surface area contributed by atoms with Gasteiger partial charge < -0.3 is 20.3 Å². The zero-order valence-corrected chi connectivity index (χ0v) is 11.8. The number of amides is 1. The van der Waals surface area contributed by atoms with Crippen molar-refractivity contribution in [3.8, 4) is 5.75 Å². The van der Waals surface area contributed by atoms with Crippen LogP contribution < -0.4 is 5.32 Å². The Morgan fingerprint density at radius 2 is 2.00 bits per heavy atom. The van der Waals surface area contributed by atoms with Crippen LogP contribution in [0.15, 0.2) is 18.2 Å². The van der Waals surface area contributed by atoms with E-state index in [0.29, 0.717) is 5.56 Å². The monoisotopic (exact) mass is 295 g/mol. The molecular formula is C14H17NO6. The number of aromatic hydroxyl groups is 1. The number of hydrogen-bond donors (Lipinski definition) is 3. The molecule has 1 amide bonds. The van der Waals surface area contributed by atoms with Crippen LogP contribution in [0.3, 0.4) is 0 Å². The van der Waals surface area contributed by atoms with E-state index in [-0.39, 0.29) is 24.2 Å². The summed E-state index contributed by atoms with van der Waals surface area (Å²) in [5.41, 5.74) is 0.779. The number of benzene rings is 1. The van der Waals surface area contributed by atoms with Gasteiger partial charge in [0.25, 0.3) is 5.91 Å². The number of methoxy groups -OCH3 is 1. The van der Waals surface area contributed by atoms with Crippen molar-refractivity contribution < 1.29 is 29.3 Å². The predicted octanol–water partition coefficient (Wildman–Crippen LogP) is 0.837. The van der Waals surface area contributed by atoms with Gasteiger partial charge in [0.1, 0.15) is 11.8 Å². The van der Waals surface area contributed by atoms with E-state index in [4.69, 9.17) is 5.11 Å². The summed E-state index contributed by atoms with van der Waals surface area (Å²) in [7, 11) is 1.20. The number of carboxylic acids is 1. The van der Waals surface area contributed by atoms with E-state index >= 15 is 0 Å². The SMILES string of the molecule is COC(=O)CC[C@@H](NC(=O)c1ccc(O)cc1C)C(=O)O. The highest BCUT2D eigenvalue weighted by Crippen LogP contribution is 2.16. The van der Waals surface area contributed by atoms with Crippen LogP contribution in [0.25, 0.3) is 0 Å². The largest absolute Gasteiger partial charge is 0.508 e. The lowest BCUT2D eigenvalue weighted by Crippen LogP contribution is -2.41. The molecule has 0 aliphatic carbocycles. The maximum Gasteiger partial charge on any atom is 0.326 e. The van der Waals surface area contributed by atoms with E-state index in [1.165, 1.54) is 25.3 Å². The van der Waals surface area contributed by atoms with Crippen molar-refractivity contribution in [3.05, 3.63) is 29.3 Å². The molecule has 0 aromatic heterocycles. The first-order valence-corrected chi connectivity index (χ1v) is 6.25. The van der Waals surface area contributed by atoms with Gasteiger partial charge >= 0.3 is 11.9 Å². The van der Waals surface area contributed by atoms with Crippen molar-refractivity contribution >= 4 is 17.8 Å². The topological polar surface area (TPSA) is 113 Å². The fourth-order valence-electron chi connectivity index (χ4n) is 1.76. The number of carboxylic acid groups (broad SMARTS) is 1. The van der Waals surface area contributed by atoms with E-state index in [9.17, 15) is 19.5 Å².